The van der Waals surface area contributed by atoms with Crippen molar-refractivity contribution in [2.75, 3.05) is 31.1 Å². The van der Waals surface area contributed by atoms with E-state index in [1.54, 1.807) is 49.6 Å². The summed E-state index contributed by atoms with van der Waals surface area (Å²) in [4.78, 5) is 12.8. The van der Waals surface area contributed by atoms with Gasteiger partial charge in [-0.15, -0.1) is 0 Å². The summed E-state index contributed by atoms with van der Waals surface area (Å²) in [6, 6.07) is 22.6. The third kappa shape index (κ3) is 6.74. The van der Waals surface area contributed by atoms with Crippen LogP contribution in [0.2, 0.25) is 0 Å². The highest BCUT2D eigenvalue weighted by molar-refractivity contribution is 7.92. The van der Waals surface area contributed by atoms with Crippen molar-refractivity contribution in [1.29, 1.82) is 0 Å². The summed E-state index contributed by atoms with van der Waals surface area (Å²) in [5.74, 6) is 1.00. The minimum absolute atomic E-state index is 0.0885. The molecule has 0 fully saturated rings. The Morgan fingerprint density at radius 3 is 2.35 bits per heavy atom. The number of nitrogens with zero attached hydrogens (tertiary/aromatic N) is 1. The molecule has 1 amide bonds. The lowest BCUT2D eigenvalue weighted by molar-refractivity contribution is -0.119. The molecular formula is C26H30N2O5S. The number of hydrogen-bond acceptors (Lipinski definition) is 5. The summed E-state index contributed by atoms with van der Waals surface area (Å²) in [6.07, 6.45) is 1.49. The van der Waals surface area contributed by atoms with Crippen LogP contribution in [0.3, 0.4) is 0 Å². The van der Waals surface area contributed by atoms with E-state index in [0.717, 1.165) is 28.5 Å². The number of para-hydroxylation sites is 1. The van der Waals surface area contributed by atoms with Gasteiger partial charge in [-0.05, 0) is 73.9 Å². The summed E-state index contributed by atoms with van der Waals surface area (Å²) in [5.41, 5.74) is 1.53. The number of carbonyl (C=O) groups excluding carboxylic acids is 1. The highest BCUT2D eigenvalue weighted by atomic mass is 32.2. The topological polar surface area (TPSA) is 84.9 Å². The predicted octanol–water partition coefficient (Wildman–Crippen LogP) is 4.04. The van der Waals surface area contributed by atoms with E-state index in [1.165, 1.54) is 12.1 Å². The summed E-state index contributed by atoms with van der Waals surface area (Å²) in [7, 11) is -2.33. The zero-order chi connectivity index (χ0) is 24.4. The van der Waals surface area contributed by atoms with Gasteiger partial charge in [0.1, 0.15) is 18.0 Å². The van der Waals surface area contributed by atoms with Gasteiger partial charge < -0.3 is 14.8 Å². The maximum Gasteiger partial charge on any atom is 0.264 e. The van der Waals surface area contributed by atoms with Crippen molar-refractivity contribution in [1.82, 2.24) is 5.32 Å². The van der Waals surface area contributed by atoms with E-state index in [-0.39, 0.29) is 17.3 Å². The van der Waals surface area contributed by atoms with Crippen molar-refractivity contribution in [3.8, 4) is 11.5 Å². The van der Waals surface area contributed by atoms with Crippen molar-refractivity contribution < 1.29 is 22.7 Å². The normalized spacial score (nSPS) is 11.0. The number of sulfonamides is 1. The number of ether oxygens (including phenoxy) is 2. The van der Waals surface area contributed by atoms with Gasteiger partial charge in [0.25, 0.3) is 10.0 Å². The second-order valence-electron chi connectivity index (χ2n) is 7.56. The molecule has 0 radical (unpaired) electrons. The first kappa shape index (κ1) is 25.1. The third-order valence-corrected chi connectivity index (χ3v) is 6.94. The molecule has 0 heterocycles. The van der Waals surface area contributed by atoms with E-state index in [2.05, 4.69) is 5.32 Å². The van der Waals surface area contributed by atoms with Crippen LogP contribution in [-0.4, -0.2) is 41.1 Å². The van der Waals surface area contributed by atoms with Gasteiger partial charge in [0.05, 0.1) is 24.3 Å². The molecule has 3 aromatic rings. The number of aryl methyl sites for hydroxylation is 1. The number of benzene rings is 3. The van der Waals surface area contributed by atoms with E-state index >= 15 is 0 Å². The van der Waals surface area contributed by atoms with Crippen molar-refractivity contribution in [3.05, 3.63) is 84.4 Å². The molecule has 0 saturated carbocycles. The molecule has 180 valence electrons. The molecule has 7 nitrogen and oxygen atoms in total. The molecular weight excluding hydrogens is 452 g/mol. The number of nitrogens with one attached hydrogen (secondary N) is 1. The Labute approximate surface area is 201 Å². The van der Waals surface area contributed by atoms with Gasteiger partial charge in [0, 0.05) is 6.54 Å². The lowest BCUT2D eigenvalue weighted by Crippen LogP contribution is -2.41. The minimum Gasteiger partial charge on any atom is -0.497 e. The average molecular weight is 483 g/mol. The van der Waals surface area contributed by atoms with E-state index in [4.69, 9.17) is 9.47 Å². The SMILES string of the molecule is CCOc1ccc(S(=O)(=O)N(CC(=O)NCCCc2cccc(OC)c2)c2ccccc2)cc1. The van der Waals surface area contributed by atoms with Gasteiger partial charge in [0.15, 0.2) is 0 Å². The van der Waals surface area contributed by atoms with Crippen LogP contribution in [0.1, 0.15) is 18.9 Å². The summed E-state index contributed by atoms with van der Waals surface area (Å²) < 4.78 is 38.6. The van der Waals surface area contributed by atoms with Gasteiger partial charge in [-0.25, -0.2) is 8.42 Å². The minimum atomic E-state index is -3.96. The van der Waals surface area contributed by atoms with Crippen LogP contribution < -0.4 is 19.1 Å². The number of hydrogen-bond donors (Lipinski definition) is 1. The first-order valence-corrected chi connectivity index (χ1v) is 12.6. The fourth-order valence-corrected chi connectivity index (χ4v) is 4.87. The monoisotopic (exact) mass is 482 g/mol. The van der Waals surface area contributed by atoms with E-state index in [9.17, 15) is 13.2 Å². The second-order valence-corrected chi connectivity index (χ2v) is 9.42. The van der Waals surface area contributed by atoms with Crippen molar-refractivity contribution in [2.24, 2.45) is 0 Å². The maximum atomic E-state index is 13.4. The molecule has 0 aliphatic rings. The Morgan fingerprint density at radius 1 is 0.941 bits per heavy atom. The summed E-state index contributed by atoms with van der Waals surface area (Å²) in [6.45, 7) is 2.46. The third-order valence-electron chi connectivity index (χ3n) is 5.15. The Hall–Kier alpha value is -3.52. The molecule has 0 saturated heterocycles. The van der Waals surface area contributed by atoms with Gasteiger partial charge >= 0.3 is 0 Å². The Morgan fingerprint density at radius 2 is 1.68 bits per heavy atom. The lowest BCUT2D eigenvalue weighted by atomic mass is 10.1. The highest BCUT2D eigenvalue weighted by Crippen LogP contribution is 2.25. The molecule has 1 N–H and O–H groups in total. The van der Waals surface area contributed by atoms with Crippen LogP contribution in [-0.2, 0) is 21.2 Å². The second kappa shape index (κ2) is 12.1. The molecule has 34 heavy (non-hydrogen) atoms. The standard InChI is InChI=1S/C26H30N2O5S/c1-3-33-23-14-16-25(17-15-23)34(30,31)28(22-11-5-4-6-12-22)20-26(29)27-18-8-10-21-9-7-13-24(19-21)32-2/h4-7,9,11-17,19H,3,8,10,18,20H2,1-2H3,(H,27,29). The maximum absolute atomic E-state index is 13.4. The highest BCUT2D eigenvalue weighted by Gasteiger charge is 2.27. The Kier molecular flexibility index (Phi) is 8.93. The molecule has 0 aliphatic carbocycles. The van der Waals surface area contributed by atoms with Crippen LogP contribution in [0.15, 0.2) is 83.8 Å². The van der Waals surface area contributed by atoms with E-state index in [0.29, 0.717) is 24.6 Å². The quantitative estimate of drug-likeness (QED) is 0.394. The molecule has 3 rings (SSSR count). The molecule has 0 aliphatic heterocycles. The lowest BCUT2D eigenvalue weighted by Gasteiger charge is -2.24. The molecule has 0 spiro atoms. The van der Waals surface area contributed by atoms with Crippen LogP contribution in [0.4, 0.5) is 5.69 Å². The first-order valence-electron chi connectivity index (χ1n) is 11.1. The molecule has 0 unspecified atom stereocenters. The van der Waals surface area contributed by atoms with Gasteiger partial charge in [-0.1, -0.05) is 30.3 Å². The largest absolute Gasteiger partial charge is 0.497 e. The van der Waals surface area contributed by atoms with Crippen LogP contribution in [0.5, 0.6) is 11.5 Å². The van der Waals surface area contributed by atoms with E-state index in [1.807, 2.05) is 31.2 Å². The van der Waals surface area contributed by atoms with Crippen molar-refractivity contribution >= 4 is 21.6 Å². The van der Waals surface area contributed by atoms with Crippen LogP contribution in [0, 0.1) is 0 Å². The van der Waals surface area contributed by atoms with E-state index < -0.39 is 10.0 Å². The average Bonchev–Trinajstić information content (AvgIpc) is 2.86. The van der Waals surface area contributed by atoms with Gasteiger partial charge in [-0.2, -0.15) is 0 Å². The van der Waals surface area contributed by atoms with Gasteiger partial charge in [-0.3, -0.25) is 9.10 Å². The van der Waals surface area contributed by atoms with Crippen molar-refractivity contribution in [2.45, 2.75) is 24.7 Å². The zero-order valence-corrected chi connectivity index (χ0v) is 20.3. The predicted molar refractivity (Wildman–Crippen MR) is 133 cm³/mol. The summed E-state index contributed by atoms with van der Waals surface area (Å²) >= 11 is 0. The Balaban J connectivity index is 1.67. The number of methoxy groups -OCH3 is 1. The Bertz CT molecular complexity index is 1170. The smallest absolute Gasteiger partial charge is 0.264 e. The fraction of sp³-hybridized carbons (Fsp3) is 0.269. The number of carbonyl (C=O) groups is 1. The van der Waals surface area contributed by atoms with Gasteiger partial charge in [0.2, 0.25) is 5.91 Å². The van der Waals surface area contributed by atoms with Crippen LogP contribution in [0.25, 0.3) is 0 Å². The molecule has 3 aromatic carbocycles. The first-order chi connectivity index (χ1) is 16.4. The zero-order valence-electron chi connectivity index (χ0n) is 19.4. The number of rotatable bonds is 12. The molecule has 8 heteroatoms. The van der Waals surface area contributed by atoms with Crippen molar-refractivity contribution in [3.63, 3.8) is 0 Å². The number of amides is 1. The molecule has 0 bridgehead atoms. The fourth-order valence-electron chi connectivity index (χ4n) is 3.45. The van der Waals surface area contributed by atoms with Crippen LogP contribution >= 0.6 is 0 Å². The number of anilines is 1. The summed E-state index contributed by atoms with van der Waals surface area (Å²) in [5, 5.41) is 2.83. The molecule has 0 atom stereocenters. The molecule has 0 aromatic heterocycles.